The number of hydrogen-bond acceptors (Lipinski definition) is 3. The third kappa shape index (κ3) is 6.39. The average molecular weight is 747 g/mol. The Labute approximate surface area is 339 Å². The molecule has 0 bridgehead atoms. The van der Waals surface area contributed by atoms with Gasteiger partial charge in [-0.25, -0.2) is 9.97 Å². The third-order valence-electron chi connectivity index (χ3n) is 11.6. The van der Waals surface area contributed by atoms with Gasteiger partial charge in [0.15, 0.2) is 5.82 Å². The number of aromatic nitrogens is 3. The first-order chi connectivity index (χ1) is 28.5. The van der Waals surface area contributed by atoms with E-state index in [4.69, 9.17) is 9.97 Å². The van der Waals surface area contributed by atoms with Crippen molar-refractivity contribution in [3.8, 4) is 50.6 Å². The fourth-order valence-corrected chi connectivity index (χ4v) is 8.55. The number of fused-ring (bicyclic) bond motifs is 4. The van der Waals surface area contributed by atoms with Crippen molar-refractivity contribution in [2.75, 3.05) is 11.4 Å². The van der Waals surface area contributed by atoms with Crippen LogP contribution in [0.25, 0.3) is 78.0 Å². The topological polar surface area (TPSA) is 34.0 Å². The van der Waals surface area contributed by atoms with E-state index < -0.39 is 0 Å². The highest BCUT2D eigenvalue weighted by molar-refractivity contribution is 6.10. The van der Waals surface area contributed by atoms with Crippen LogP contribution in [0, 0.1) is 0 Å². The molecule has 0 N–H and O–H groups in total. The molecule has 3 heterocycles. The van der Waals surface area contributed by atoms with Crippen LogP contribution < -0.4 is 4.90 Å². The zero-order valence-electron chi connectivity index (χ0n) is 32.5. The van der Waals surface area contributed by atoms with Gasteiger partial charge in [0, 0.05) is 51.6 Å². The van der Waals surface area contributed by atoms with E-state index >= 15 is 0 Å². The molecule has 0 saturated heterocycles. The molecule has 4 heteroatoms. The monoisotopic (exact) mass is 746 g/mol. The van der Waals surface area contributed by atoms with Crippen molar-refractivity contribution in [2.24, 2.45) is 0 Å². The Balaban J connectivity index is 1.02. The second-order valence-electron chi connectivity index (χ2n) is 15.3. The molecule has 10 rings (SSSR count). The smallest absolute Gasteiger partial charge is 0.159 e. The summed E-state index contributed by atoms with van der Waals surface area (Å²) < 4.78 is 2.36. The first-order valence-electron chi connectivity index (χ1n) is 19.9. The zero-order valence-corrected chi connectivity index (χ0v) is 32.5. The summed E-state index contributed by atoms with van der Waals surface area (Å²) in [4.78, 5) is 12.3. The Hall–Kier alpha value is -7.30. The summed E-state index contributed by atoms with van der Waals surface area (Å²) in [6, 6.07) is 52.0. The molecule has 0 spiro atoms. The fourth-order valence-electron chi connectivity index (χ4n) is 8.55. The Kier molecular flexibility index (Phi) is 8.88. The van der Waals surface area contributed by atoms with Gasteiger partial charge < -0.3 is 9.47 Å². The molecule has 0 amide bonds. The lowest BCUT2D eigenvalue weighted by molar-refractivity contribution is 0.532. The van der Waals surface area contributed by atoms with Crippen LogP contribution in [0.1, 0.15) is 18.9 Å². The maximum atomic E-state index is 5.05. The highest BCUT2D eigenvalue weighted by Gasteiger charge is 2.31. The van der Waals surface area contributed by atoms with Crippen molar-refractivity contribution in [1.82, 2.24) is 14.5 Å². The van der Waals surface area contributed by atoms with Gasteiger partial charge in [0.1, 0.15) is 0 Å². The van der Waals surface area contributed by atoms with Gasteiger partial charge >= 0.3 is 0 Å². The number of anilines is 1. The highest BCUT2D eigenvalue weighted by atomic mass is 15.2. The second-order valence-corrected chi connectivity index (χ2v) is 15.3. The molecular formula is C54H42N4. The summed E-state index contributed by atoms with van der Waals surface area (Å²) in [6.45, 7) is 7.67. The molecule has 0 radical (unpaired) electrons. The quantitative estimate of drug-likeness (QED) is 0.170. The van der Waals surface area contributed by atoms with Gasteiger partial charge in [-0.05, 0) is 89.7 Å². The van der Waals surface area contributed by atoms with Crippen LogP contribution in [0.15, 0.2) is 207 Å². The predicted octanol–water partition coefficient (Wildman–Crippen LogP) is 13.5. The minimum absolute atomic E-state index is 0.137. The molecule has 2 aliphatic rings. The maximum absolute atomic E-state index is 5.05. The van der Waals surface area contributed by atoms with E-state index in [0.717, 1.165) is 63.2 Å². The average Bonchev–Trinajstić information content (AvgIpc) is 3.65. The van der Waals surface area contributed by atoms with Crippen molar-refractivity contribution in [1.29, 1.82) is 0 Å². The van der Waals surface area contributed by atoms with Crippen LogP contribution in [0.3, 0.4) is 0 Å². The Bertz CT molecular complexity index is 2980. The molecule has 8 aromatic rings. The van der Waals surface area contributed by atoms with Gasteiger partial charge in [0.25, 0.3) is 0 Å². The molecule has 0 saturated carbocycles. The number of hydrogen-bond donors (Lipinski definition) is 0. The van der Waals surface area contributed by atoms with Gasteiger partial charge in [-0.2, -0.15) is 0 Å². The molecule has 1 aliphatic carbocycles. The second kappa shape index (κ2) is 14.6. The van der Waals surface area contributed by atoms with Gasteiger partial charge in [-0.3, -0.25) is 0 Å². The summed E-state index contributed by atoms with van der Waals surface area (Å²) in [5.41, 5.74) is 14.2. The van der Waals surface area contributed by atoms with E-state index in [1.54, 1.807) is 0 Å². The molecule has 1 atom stereocenters. The molecule has 58 heavy (non-hydrogen) atoms. The number of nitrogens with zero attached hydrogens (tertiary/aromatic N) is 4. The van der Waals surface area contributed by atoms with E-state index in [1.807, 2.05) is 18.3 Å². The predicted molar refractivity (Wildman–Crippen MR) is 244 cm³/mol. The van der Waals surface area contributed by atoms with Gasteiger partial charge in [0.05, 0.1) is 22.3 Å². The van der Waals surface area contributed by atoms with Crippen LogP contribution in [0.2, 0.25) is 0 Å². The van der Waals surface area contributed by atoms with E-state index in [0.29, 0.717) is 5.82 Å². The number of para-hydroxylation sites is 1. The van der Waals surface area contributed by atoms with Crippen LogP contribution >= 0.6 is 0 Å². The lowest BCUT2D eigenvalue weighted by Gasteiger charge is -2.42. The van der Waals surface area contributed by atoms with Crippen molar-refractivity contribution < 1.29 is 0 Å². The van der Waals surface area contributed by atoms with E-state index in [9.17, 15) is 0 Å². The first kappa shape index (κ1) is 35.1. The van der Waals surface area contributed by atoms with E-state index in [1.165, 1.54) is 33.2 Å². The SMILES string of the molecule is C=C1/C=C\C=C/CN(C2(C)C=CC=CC2)c2ccc(-c3ccc4c(c3)c3ccccc3n4-c3cccc(-c4nccc(-c5ccc(-c6ccccc6)cc5)n4)c3)cc21. The number of rotatable bonds is 6. The minimum Gasteiger partial charge on any atom is -0.358 e. The van der Waals surface area contributed by atoms with Crippen molar-refractivity contribution in [3.63, 3.8) is 0 Å². The summed E-state index contributed by atoms with van der Waals surface area (Å²) in [7, 11) is 0. The lowest BCUT2D eigenvalue weighted by Crippen LogP contribution is -2.46. The van der Waals surface area contributed by atoms with Gasteiger partial charge in [0.2, 0.25) is 0 Å². The Morgan fingerprint density at radius 3 is 2.17 bits per heavy atom. The zero-order chi connectivity index (χ0) is 39.1. The molecule has 278 valence electrons. The fraction of sp³-hybridized carbons (Fsp3) is 0.0741. The Morgan fingerprint density at radius 2 is 1.31 bits per heavy atom. The van der Waals surface area contributed by atoms with Crippen LogP contribution in [-0.4, -0.2) is 26.6 Å². The van der Waals surface area contributed by atoms with Crippen molar-refractivity contribution in [2.45, 2.75) is 18.9 Å². The molecule has 0 fully saturated rings. The van der Waals surface area contributed by atoms with Gasteiger partial charge in [-0.15, -0.1) is 0 Å². The van der Waals surface area contributed by atoms with E-state index in [2.05, 4.69) is 205 Å². The molecule has 2 aromatic heterocycles. The summed E-state index contributed by atoms with van der Waals surface area (Å²) >= 11 is 0. The highest BCUT2D eigenvalue weighted by Crippen LogP contribution is 2.40. The molecule has 6 aromatic carbocycles. The summed E-state index contributed by atoms with van der Waals surface area (Å²) in [6.07, 6.45) is 20.3. The third-order valence-corrected chi connectivity index (χ3v) is 11.6. The molecule has 1 unspecified atom stereocenters. The van der Waals surface area contributed by atoms with Gasteiger partial charge in [-0.1, -0.05) is 152 Å². The minimum atomic E-state index is -0.137. The number of allylic oxidation sites excluding steroid dienone is 6. The van der Waals surface area contributed by atoms with Crippen molar-refractivity contribution >= 4 is 33.1 Å². The van der Waals surface area contributed by atoms with Crippen LogP contribution in [0.5, 0.6) is 0 Å². The largest absolute Gasteiger partial charge is 0.358 e. The lowest BCUT2D eigenvalue weighted by atomic mass is 9.88. The molecule has 1 aliphatic heterocycles. The Morgan fingerprint density at radius 1 is 0.586 bits per heavy atom. The van der Waals surface area contributed by atoms with Crippen molar-refractivity contribution in [3.05, 3.63) is 213 Å². The standard InChI is InChI=1S/C54H42N4/c1-38-15-6-4-13-34-57(54(2)31-11-5-12-32-54)50-28-26-42(36-47(38)50)43-27-29-52-48(37-43)46-20-9-10-21-51(46)58(52)45-19-14-18-44(35-45)53-55-33-30-49(56-53)41-24-22-40(23-25-41)39-16-7-3-8-17-39/h3-31,33,35-37H,1,32,34H2,2H3/b13-4-,15-6-. The first-order valence-corrected chi connectivity index (χ1v) is 19.9. The summed E-state index contributed by atoms with van der Waals surface area (Å²) in [5, 5.41) is 2.41. The number of benzene rings is 6. The summed E-state index contributed by atoms with van der Waals surface area (Å²) in [5.74, 6) is 0.694. The van der Waals surface area contributed by atoms with Crippen LogP contribution in [-0.2, 0) is 0 Å². The maximum Gasteiger partial charge on any atom is 0.159 e. The van der Waals surface area contributed by atoms with E-state index in [-0.39, 0.29) is 5.54 Å². The molecule has 4 nitrogen and oxygen atoms in total. The normalized spacial score (nSPS) is 17.5. The molecular weight excluding hydrogens is 705 g/mol. The van der Waals surface area contributed by atoms with Crippen LogP contribution in [0.4, 0.5) is 5.69 Å².